The quantitative estimate of drug-likeness (QED) is 0.611. The highest BCUT2D eigenvalue weighted by Crippen LogP contribution is 2.35. The third-order valence-electron chi connectivity index (χ3n) is 6.42. The summed E-state index contributed by atoms with van der Waals surface area (Å²) < 4.78 is 20.1. The summed E-state index contributed by atoms with van der Waals surface area (Å²) in [6.45, 7) is 2.05. The lowest BCUT2D eigenvalue weighted by Crippen LogP contribution is -2.44. The Labute approximate surface area is 193 Å². The van der Waals surface area contributed by atoms with Gasteiger partial charge in [-0.1, -0.05) is 30.3 Å². The fraction of sp³-hybridized carbons (Fsp3) is 0.458. The largest absolute Gasteiger partial charge is 0.387 e. The number of anilines is 1. The van der Waals surface area contributed by atoms with Crippen LogP contribution < -0.4 is 5.32 Å². The molecule has 3 N–H and O–H groups in total. The van der Waals surface area contributed by atoms with Gasteiger partial charge in [0.2, 0.25) is 5.91 Å². The number of methoxy groups -OCH3 is 1. The van der Waals surface area contributed by atoms with Crippen LogP contribution in [0.1, 0.15) is 47.6 Å². The zero-order valence-corrected chi connectivity index (χ0v) is 19.0. The Hall–Kier alpha value is -2.03. The summed E-state index contributed by atoms with van der Waals surface area (Å²) in [7, 11) is 1.65. The summed E-state index contributed by atoms with van der Waals surface area (Å²) >= 11 is 0. The standard InChI is InChI=1S/C24H29FN2O4.ClH/c1-31-15-16-2-4-17(5-3-16)24(30)10-12-27(13-11-24)14-21(28)19-6-8-20-18(23(19)25)7-9-22(29)26-20;/h2-6,8,21,28,30H,7,9-15H2,1H3,(H,26,29);1H. The molecule has 2 heterocycles. The Morgan fingerprint density at radius 2 is 1.84 bits per heavy atom. The fourth-order valence-corrected chi connectivity index (χ4v) is 4.52. The van der Waals surface area contributed by atoms with Crippen LogP contribution in [0.4, 0.5) is 10.1 Å². The van der Waals surface area contributed by atoms with Crippen LogP contribution in [-0.4, -0.2) is 47.8 Å². The van der Waals surface area contributed by atoms with E-state index >= 15 is 0 Å². The summed E-state index contributed by atoms with van der Waals surface area (Å²) in [5.74, 6) is -0.552. The minimum atomic E-state index is -0.970. The van der Waals surface area contributed by atoms with E-state index in [9.17, 15) is 19.4 Å². The second-order valence-corrected chi connectivity index (χ2v) is 8.52. The maximum atomic E-state index is 14.9. The van der Waals surface area contributed by atoms with Gasteiger partial charge in [0.05, 0.1) is 18.3 Å². The van der Waals surface area contributed by atoms with Gasteiger partial charge in [0.1, 0.15) is 5.82 Å². The molecule has 0 saturated carbocycles. The zero-order chi connectivity index (χ0) is 22.0. The highest BCUT2D eigenvalue weighted by Gasteiger charge is 2.35. The van der Waals surface area contributed by atoms with Gasteiger partial charge in [-0.05, 0) is 36.5 Å². The summed E-state index contributed by atoms with van der Waals surface area (Å²) in [5.41, 5.74) is 2.25. The Balaban J connectivity index is 0.00000289. The minimum Gasteiger partial charge on any atom is -0.387 e. The summed E-state index contributed by atoms with van der Waals surface area (Å²) in [6, 6.07) is 11.0. The number of halogens is 2. The lowest BCUT2D eigenvalue weighted by Gasteiger charge is -2.39. The van der Waals surface area contributed by atoms with E-state index in [2.05, 4.69) is 10.2 Å². The highest BCUT2D eigenvalue weighted by atomic mass is 35.5. The molecule has 6 nitrogen and oxygen atoms in total. The maximum absolute atomic E-state index is 14.9. The molecule has 0 bridgehead atoms. The number of carbonyl (C=O) groups is 1. The van der Waals surface area contributed by atoms with Crippen molar-refractivity contribution in [3.05, 3.63) is 64.5 Å². The minimum absolute atomic E-state index is 0. The van der Waals surface area contributed by atoms with E-state index in [1.807, 2.05) is 24.3 Å². The second-order valence-electron chi connectivity index (χ2n) is 8.52. The number of amides is 1. The van der Waals surface area contributed by atoms with Gasteiger partial charge >= 0.3 is 0 Å². The van der Waals surface area contributed by atoms with Crippen LogP contribution in [0.25, 0.3) is 0 Å². The fourth-order valence-electron chi connectivity index (χ4n) is 4.52. The number of nitrogens with zero attached hydrogens (tertiary/aromatic N) is 1. The van der Waals surface area contributed by atoms with Gasteiger partial charge in [-0.2, -0.15) is 0 Å². The zero-order valence-electron chi connectivity index (χ0n) is 18.1. The highest BCUT2D eigenvalue weighted by molar-refractivity contribution is 5.94. The molecular weight excluding hydrogens is 435 g/mol. The van der Waals surface area contributed by atoms with Crippen molar-refractivity contribution in [2.24, 2.45) is 0 Å². The molecule has 2 aliphatic heterocycles. The molecule has 0 aliphatic carbocycles. The Bertz CT molecular complexity index is 946. The van der Waals surface area contributed by atoms with Crippen molar-refractivity contribution in [2.75, 3.05) is 32.1 Å². The Kier molecular flexibility index (Phi) is 7.90. The number of aliphatic hydroxyl groups is 2. The molecule has 2 aliphatic rings. The van der Waals surface area contributed by atoms with Crippen molar-refractivity contribution in [3.63, 3.8) is 0 Å². The molecule has 1 saturated heterocycles. The van der Waals surface area contributed by atoms with Gasteiger partial charge in [0, 0.05) is 50.0 Å². The Morgan fingerprint density at radius 3 is 2.50 bits per heavy atom. The molecule has 1 amide bonds. The van der Waals surface area contributed by atoms with Crippen molar-refractivity contribution in [3.8, 4) is 0 Å². The number of hydrogen-bond acceptors (Lipinski definition) is 5. The average Bonchev–Trinajstić information content (AvgIpc) is 2.76. The van der Waals surface area contributed by atoms with E-state index < -0.39 is 17.5 Å². The van der Waals surface area contributed by atoms with Crippen molar-refractivity contribution in [1.29, 1.82) is 0 Å². The maximum Gasteiger partial charge on any atom is 0.224 e. The third kappa shape index (κ3) is 5.13. The SMILES string of the molecule is COCc1ccc(C2(O)CCN(CC(O)c3ccc4c(c3F)CCC(=O)N4)CC2)cc1.Cl. The normalized spacial score (nSPS) is 18.9. The molecule has 8 heteroatoms. The first kappa shape index (κ1) is 24.6. The molecule has 174 valence electrons. The van der Waals surface area contributed by atoms with E-state index in [0.717, 1.165) is 11.1 Å². The van der Waals surface area contributed by atoms with E-state index in [1.54, 1.807) is 19.2 Å². The molecule has 1 fully saturated rings. The summed E-state index contributed by atoms with van der Waals surface area (Å²) in [4.78, 5) is 13.6. The molecule has 32 heavy (non-hydrogen) atoms. The number of likely N-dealkylation sites (tertiary alicyclic amines) is 1. The predicted octanol–water partition coefficient (Wildman–Crippen LogP) is 3.30. The van der Waals surface area contributed by atoms with Crippen LogP contribution in [0.15, 0.2) is 36.4 Å². The smallest absolute Gasteiger partial charge is 0.224 e. The number of hydrogen-bond donors (Lipinski definition) is 3. The number of β-amino-alcohol motifs (C(OH)–C–C–N with tert-alkyl or cyclic N) is 1. The van der Waals surface area contributed by atoms with Crippen molar-refractivity contribution < 1.29 is 24.1 Å². The number of ether oxygens (including phenoxy) is 1. The lowest BCUT2D eigenvalue weighted by molar-refractivity contribution is -0.116. The van der Waals surface area contributed by atoms with Crippen LogP contribution in [0.2, 0.25) is 0 Å². The molecule has 0 aromatic heterocycles. The van der Waals surface area contributed by atoms with Crippen LogP contribution >= 0.6 is 12.4 Å². The van der Waals surface area contributed by atoms with Gasteiger partial charge in [-0.25, -0.2) is 4.39 Å². The van der Waals surface area contributed by atoms with Crippen LogP contribution in [0.3, 0.4) is 0 Å². The van der Waals surface area contributed by atoms with Crippen LogP contribution in [-0.2, 0) is 28.2 Å². The first-order chi connectivity index (χ1) is 14.9. The summed E-state index contributed by atoms with van der Waals surface area (Å²) in [6.07, 6.45) is 0.709. The number of piperidine rings is 1. The average molecular weight is 465 g/mol. The van der Waals surface area contributed by atoms with E-state index in [1.165, 1.54) is 0 Å². The molecular formula is C24H30ClFN2O4. The molecule has 2 aromatic rings. The molecule has 1 unspecified atom stereocenters. The molecule has 2 aromatic carbocycles. The van der Waals surface area contributed by atoms with Crippen LogP contribution in [0.5, 0.6) is 0 Å². The van der Waals surface area contributed by atoms with E-state index in [0.29, 0.717) is 56.8 Å². The predicted molar refractivity (Wildman–Crippen MR) is 122 cm³/mol. The number of carbonyl (C=O) groups excluding carboxylic acids is 1. The van der Waals surface area contributed by atoms with Crippen molar-refractivity contribution >= 4 is 24.0 Å². The van der Waals surface area contributed by atoms with Gasteiger partial charge < -0.3 is 25.2 Å². The number of benzene rings is 2. The van der Waals surface area contributed by atoms with Crippen molar-refractivity contribution in [2.45, 2.75) is 44.0 Å². The van der Waals surface area contributed by atoms with Gasteiger partial charge in [0.15, 0.2) is 0 Å². The Morgan fingerprint density at radius 1 is 1.16 bits per heavy atom. The number of rotatable bonds is 6. The number of fused-ring (bicyclic) bond motifs is 1. The lowest BCUT2D eigenvalue weighted by atomic mass is 9.84. The number of aliphatic hydroxyl groups excluding tert-OH is 1. The van der Waals surface area contributed by atoms with Crippen molar-refractivity contribution in [1.82, 2.24) is 4.90 Å². The monoisotopic (exact) mass is 464 g/mol. The first-order valence-corrected chi connectivity index (χ1v) is 10.7. The number of nitrogens with one attached hydrogen (secondary N) is 1. The van der Waals surface area contributed by atoms with Gasteiger partial charge in [-0.15, -0.1) is 12.4 Å². The topological polar surface area (TPSA) is 82.0 Å². The van der Waals surface area contributed by atoms with Gasteiger partial charge in [0.25, 0.3) is 0 Å². The van der Waals surface area contributed by atoms with E-state index in [4.69, 9.17) is 4.74 Å². The van der Waals surface area contributed by atoms with Gasteiger partial charge in [-0.3, -0.25) is 4.79 Å². The van der Waals surface area contributed by atoms with Crippen LogP contribution in [0, 0.1) is 5.82 Å². The van der Waals surface area contributed by atoms with E-state index in [-0.39, 0.29) is 30.3 Å². The molecule has 0 radical (unpaired) electrons. The second kappa shape index (κ2) is 10.3. The molecule has 1 atom stereocenters. The molecule has 4 rings (SSSR count). The molecule has 0 spiro atoms. The first-order valence-electron chi connectivity index (χ1n) is 10.7. The summed E-state index contributed by atoms with van der Waals surface area (Å²) in [5, 5.41) is 24.5. The third-order valence-corrected chi connectivity index (χ3v) is 6.42.